The van der Waals surface area contributed by atoms with Gasteiger partial charge in [-0.2, -0.15) is 0 Å². The quantitative estimate of drug-likeness (QED) is 0.540. The molecule has 200 valence electrons. The van der Waals surface area contributed by atoms with Crippen molar-refractivity contribution in [3.05, 3.63) is 65.2 Å². The number of rotatable bonds is 5. The number of nitrogens with zero attached hydrogens (tertiary/aromatic N) is 3. The smallest absolute Gasteiger partial charge is 0.412 e. The SMILES string of the molecule is CC(C)(C)OC(=O)N1[C@H](Cc2ccccc2F)[C@H](Cc2ncccc2C(=O)N2CCCCC2)OC1(C)C. The number of piperidine rings is 1. The predicted molar refractivity (Wildman–Crippen MR) is 139 cm³/mol. The minimum Gasteiger partial charge on any atom is -0.444 e. The molecule has 2 aromatic rings. The van der Waals surface area contributed by atoms with Crippen molar-refractivity contribution in [2.24, 2.45) is 0 Å². The summed E-state index contributed by atoms with van der Waals surface area (Å²) in [5.41, 5.74) is -0.0648. The van der Waals surface area contributed by atoms with Crippen LogP contribution in [0, 0.1) is 5.82 Å². The molecule has 1 aromatic heterocycles. The Morgan fingerprint density at radius 2 is 1.78 bits per heavy atom. The zero-order valence-electron chi connectivity index (χ0n) is 22.5. The van der Waals surface area contributed by atoms with E-state index < -0.39 is 29.6 Å². The first kappa shape index (κ1) is 27.0. The van der Waals surface area contributed by atoms with Crippen molar-refractivity contribution >= 4 is 12.0 Å². The first-order chi connectivity index (χ1) is 17.5. The van der Waals surface area contributed by atoms with Gasteiger partial charge in [-0.1, -0.05) is 18.2 Å². The first-order valence-electron chi connectivity index (χ1n) is 13.1. The second kappa shape index (κ2) is 10.8. The van der Waals surface area contributed by atoms with Gasteiger partial charge in [0.15, 0.2) is 0 Å². The van der Waals surface area contributed by atoms with Crippen molar-refractivity contribution in [3.63, 3.8) is 0 Å². The number of hydrogen-bond acceptors (Lipinski definition) is 5. The van der Waals surface area contributed by atoms with Gasteiger partial charge in [-0.15, -0.1) is 0 Å². The molecule has 4 rings (SSSR count). The minimum atomic E-state index is -1.01. The fourth-order valence-electron chi connectivity index (χ4n) is 5.28. The number of carbonyl (C=O) groups excluding carboxylic acids is 2. The van der Waals surface area contributed by atoms with E-state index in [2.05, 4.69) is 4.98 Å². The third kappa shape index (κ3) is 6.29. The number of likely N-dealkylation sites (tertiary alicyclic amines) is 1. The molecule has 2 saturated heterocycles. The summed E-state index contributed by atoms with van der Waals surface area (Å²) >= 11 is 0. The van der Waals surface area contributed by atoms with Gasteiger partial charge < -0.3 is 14.4 Å². The van der Waals surface area contributed by atoms with E-state index in [4.69, 9.17) is 9.47 Å². The molecule has 1 aromatic carbocycles. The molecule has 2 aliphatic rings. The minimum absolute atomic E-state index is 0.0327. The predicted octanol–water partition coefficient (Wildman–Crippen LogP) is 5.37. The van der Waals surface area contributed by atoms with Crippen LogP contribution in [0.2, 0.25) is 0 Å². The molecule has 2 aliphatic heterocycles. The molecule has 3 heterocycles. The lowest BCUT2D eigenvalue weighted by Crippen LogP contribution is -2.51. The first-order valence-corrected chi connectivity index (χ1v) is 13.1. The lowest BCUT2D eigenvalue weighted by molar-refractivity contribution is -0.0785. The van der Waals surface area contributed by atoms with E-state index in [0.29, 0.717) is 23.2 Å². The molecule has 2 amide bonds. The maximum atomic E-state index is 14.7. The van der Waals surface area contributed by atoms with Gasteiger partial charge in [0.05, 0.1) is 23.4 Å². The van der Waals surface area contributed by atoms with E-state index in [0.717, 1.165) is 32.4 Å². The van der Waals surface area contributed by atoms with Crippen LogP contribution < -0.4 is 0 Å². The van der Waals surface area contributed by atoms with Gasteiger partial charge in [0.25, 0.3) is 5.91 Å². The van der Waals surface area contributed by atoms with Crippen LogP contribution in [-0.2, 0) is 22.3 Å². The van der Waals surface area contributed by atoms with Gasteiger partial charge >= 0.3 is 6.09 Å². The highest BCUT2D eigenvalue weighted by molar-refractivity contribution is 5.95. The van der Waals surface area contributed by atoms with Crippen LogP contribution in [0.4, 0.5) is 9.18 Å². The Balaban J connectivity index is 1.67. The number of ether oxygens (including phenoxy) is 2. The molecular formula is C29H38FN3O4. The zero-order chi connectivity index (χ0) is 26.8. The highest BCUT2D eigenvalue weighted by Crippen LogP contribution is 2.37. The van der Waals surface area contributed by atoms with Crippen molar-refractivity contribution < 1.29 is 23.5 Å². The maximum Gasteiger partial charge on any atom is 0.412 e. The third-order valence-electron chi connectivity index (χ3n) is 6.92. The number of aromatic nitrogens is 1. The third-order valence-corrected chi connectivity index (χ3v) is 6.92. The Kier molecular flexibility index (Phi) is 7.88. The molecule has 7 nitrogen and oxygen atoms in total. The Morgan fingerprint density at radius 1 is 1.08 bits per heavy atom. The van der Waals surface area contributed by atoms with Gasteiger partial charge in [-0.25, -0.2) is 9.18 Å². The van der Waals surface area contributed by atoms with Crippen molar-refractivity contribution in [3.8, 4) is 0 Å². The monoisotopic (exact) mass is 511 g/mol. The number of halogens is 1. The lowest BCUT2D eigenvalue weighted by atomic mass is 9.95. The average Bonchev–Trinajstić information content (AvgIpc) is 3.08. The summed E-state index contributed by atoms with van der Waals surface area (Å²) in [6.07, 6.45) is 4.29. The molecule has 2 atom stereocenters. The molecule has 0 aliphatic carbocycles. The van der Waals surface area contributed by atoms with E-state index in [1.165, 1.54) is 6.07 Å². The Labute approximate surface area is 219 Å². The molecule has 8 heteroatoms. The highest BCUT2D eigenvalue weighted by atomic mass is 19.1. The second-order valence-corrected chi connectivity index (χ2v) is 11.4. The van der Waals surface area contributed by atoms with Crippen molar-refractivity contribution in [1.29, 1.82) is 0 Å². The van der Waals surface area contributed by atoms with E-state index in [1.807, 2.05) is 39.5 Å². The standard InChI is InChI=1S/C29H38FN3O4/c1-28(2,3)37-27(35)33-24(18-20-12-7-8-14-22(20)30)25(36-29(33,4)5)19-23-21(13-11-15-31-23)26(34)32-16-9-6-10-17-32/h7-8,11-15,24-25H,6,9-10,16-19H2,1-5H3/t24-,25+/m1/s1. The van der Waals surface area contributed by atoms with E-state index in [1.54, 1.807) is 41.4 Å². The number of benzene rings is 1. The van der Waals surface area contributed by atoms with Gasteiger partial charge in [0.1, 0.15) is 17.1 Å². The van der Waals surface area contributed by atoms with Crippen molar-refractivity contribution in [2.45, 2.75) is 90.2 Å². The van der Waals surface area contributed by atoms with Crippen molar-refractivity contribution in [1.82, 2.24) is 14.8 Å². The molecule has 2 fully saturated rings. The number of carbonyl (C=O) groups is 2. The summed E-state index contributed by atoms with van der Waals surface area (Å²) in [5.74, 6) is -0.372. The summed E-state index contributed by atoms with van der Waals surface area (Å²) in [7, 11) is 0. The summed E-state index contributed by atoms with van der Waals surface area (Å²) in [6.45, 7) is 10.5. The van der Waals surface area contributed by atoms with E-state index >= 15 is 0 Å². The fourth-order valence-corrected chi connectivity index (χ4v) is 5.28. The van der Waals surface area contributed by atoms with Gasteiger partial charge in [0, 0.05) is 25.7 Å². The molecule has 0 bridgehead atoms. The van der Waals surface area contributed by atoms with Gasteiger partial charge in [-0.05, 0) is 84.1 Å². The highest BCUT2D eigenvalue weighted by Gasteiger charge is 2.51. The van der Waals surface area contributed by atoms with Crippen LogP contribution in [0.15, 0.2) is 42.6 Å². The molecule has 0 saturated carbocycles. The van der Waals surface area contributed by atoms with E-state index in [9.17, 15) is 14.0 Å². The molecule has 37 heavy (non-hydrogen) atoms. The molecule has 0 N–H and O–H groups in total. The summed E-state index contributed by atoms with van der Waals surface area (Å²) in [6, 6.07) is 9.60. The van der Waals surface area contributed by atoms with E-state index in [-0.39, 0.29) is 18.1 Å². The Bertz CT molecular complexity index is 1120. The number of amides is 2. The average molecular weight is 512 g/mol. The Morgan fingerprint density at radius 3 is 2.46 bits per heavy atom. The lowest BCUT2D eigenvalue weighted by Gasteiger charge is -2.35. The van der Waals surface area contributed by atoms with Crippen LogP contribution in [0.3, 0.4) is 0 Å². The van der Waals surface area contributed by atoms with Crippen LogP contribution in [0.1, 0.15) is 75.5 Å². The van der Waals surface area contributed by atoms with Crippen LogP contribution >= 0.6 is 0 Å². The molecule has 0 unspecified atom stereocenters. The maximum absolute atomic E-state index is 14.7. The molecule has 0 radical (unpaired) electrons. The summed E-state index contributed by atoms with van der Waals surface area (Å²) in [5, 5.41) is 0. The van der Waals surface area contributed by atoms with Crippen LogP contribution in [-0.4, -0.2) is 63.3 Å². The number of pyridine rings is 1. The normalized spacial score (nSPS) is 21.7. The second-order valence-electron chi connectivity index (χ2n) is 11.4. The fraction of sp³-hybridized carbons (Fsp3) is 0.552. The molecule has 0 spiro atoms. The molecular weight excluding hydrogens is 473 g/mol. The topological polar surface area (TPSA) is 72.0 Å². The Hall–Kier alpha value is -3.00. The van der Waals surface area contributed by atoms with Crippen LogP contribution in [0.5, 0.6) is 0 Å². The van der Waals surface area contributed by atoms with Crippen molar-refractivity contribution in [2.75, 3.05) is 13.1 Å². The summed E-state index contributed by atoms with van der Waals surface area (Å²) < 4.78 is 26.9. The number of hydrogen-bond donors (Lipinski definition) is 0. The largest absolute Gasteiger partial charge is 0.444 e. The van der Waals surface area contributed by atoms with Crippen LogP contribution in [0.25, 0.3) is 0 Å². The zero-order valence-corrected chi connectivity index (χ0v) is 22.5. The summed E-state index contributed by atoms with van der Waals surface area (Å²) in [4.78, 5) is 34.8. The van der Waals surface area contributed by atoms with Gasteiger partial charge in [0.2, 0.25) is 0 Å². The van der Waals surface area contributed by atoms with Gasteiger partial charge in [-0.3, -0.25) is 14.7 Å².